The molecular formula is C19H36N6. The van der Waals surface area contributed by atoms with Crippen LogP contribution >= 0.6 is 0 Å². The lowest BCUT2D eigenvalue weighted by molar-refractivity contribution is 0.136. The van der Waals surface area contributed by atoms with E-state index in [0.717, 1.165) is 19.0 Å². The minimum atomic E-state index is 0.866. The second-order valence-electron chi connectivity index (χ2n) is 6.92. The molecule has 0 aromatic carbocycles. The van der Waals surface area contributed by atoms with Gasteiger partial charge in [-0.05, 0) is 38.1 Å². The highest BCUT2D eigenvalue weighted by atomic mass is 15.3. The molecule has 1 N–H and O–H groups in total. The maximum atomic E-state index is 4.41. The van der Waals surface area contributed by atoms with Crippen molar-refractivity contribution in [3.8, 4) is 0 Å². The fraction of sp³-hybridized carbons (Fsp3) is 0.737. The quantitative estimate of drug-likeness (QED) is 0.438. The van der Waals surface area contributed by atoms with E-state index in [4.69, 9.17) is 0 Å². The maximum absolute atomic E-state index is 4.41. The second kappa shape index (κ2) is 10.5. The van der Waals surface area contributed by atoms with E-state index >= 15 is 0 Å². The Morgan fingerprint density at radius 3 is 2.52 bits per heavy atom. The molecule has 1 fully saturated rings. The Hall–Kier alpha value is -1.53. The number of piperazine rings is 1. The first kappa shape index (κ1) is 19.8. The van der Waals surface area contributed by atoms with E-state index in [-0.39, 0.29) is 0 Å². The van der Waals surface area contributed by atoms with Gasteiger partial charge in [-0.3, -0.25) is 4.99 Å². The number of nitrogens with zero attached hydrogens (tertiary/aromatic N) is 5. The zero-order valence-electron chi connectivity index (χ0n) is 16.5. The predicted molar refractivity (Wildman–Crippen MR) is 106 cm³/mol. The molecule has 2 rings (SSSR count). The third kappa shape index (κ3) is 6.36. The van der Waals surface area contributed by atoms with Gasteiger partial charge in [0.15, 0.2) is 5.96 Å². The van der Waals surface area contributed by atoms with Crippen molar-refractivity contribution in [3.63, 3.8) is 0 Å². The Labute approximate surface area is 153 Å². The van der Waals surface area contributed by atoms with E-state index < -0.39 is 0 Å². The maximum Gasteiger partial charge on any atom is 0.193 e. The van der Waals surface area contributed by atoms with E-state index in [0.29, 0.717) is 0 Å². The summed E-state index contributed by atoms with van der Waals surface area (Å²) in [6.45, 7) is 11.4. The zero-order valence-corrected chi connectivity index (χ0v) is 16.5. The molecule has 1 aliphatic heterocycles. The molecule has 0 radical (unpaired) electrons. The monoisotopic (exact) mass is 348 g/mol. The van der Waals surface area contributed by atoms with Crippen LogP contribution in [0.15, 0.2) is 23.3 Å². The van der Waals surface area contributed by atoms with Gasteiger partial charge in [-0.25, -0.2) is 0 Å². The number of aromatic nitrogens is 1. The van der Waals surface area contributed by atoms with Crippen molar-refractivity contribution >= 4 is 5.96 Å². The number of hydrogen-bond donors (Lipinski definition) is 1. The van der Waals surface area contributed by atoms with Crippen LogP contribution in [0, 0.1) is 0 Å². The van der Waals surface area contributed by atoms with Crippen LogP contribution in [-0.2, 0) is 13.6 Å². The average Bonchev–Trinajstić information content (AvgIpc) is 3.03. The summed E-state index contributed by atoms with van der Waals surface area (Å²) < 4.78 is 2.15. The van der Waals surface area contributed by atoms with Gasteiger partial charge in [0.25, 0.3) is 0 Å². The van der Waals surface area contributed by atoms with Crippen LogP contribution in [0.25, 0.3) is 0 Å². The SMILES string of the molecule is CCN1CCN(CCCCNC(=NC)N(C)Cc2cccn2C)CC1. The van der Waals surface area contributed by atoms with Crippen LogP contribution in [0.1, 0.15) is 25.5 Å². The molecule has 0 aliphatic carbocycles. The number of guanidine groups is 1. The highest BCUT2D eigenvalue weighted by Gasteiger charge is 2.14. The number of likely N-dealkylation sites (N-methyl/N-ethyl adjacent to an activating group) is 1. The summed E-state index contributed by atoms with van der Waals surface area (Å²) in [5.74, 6) is 0.970. The van der Waals surface area contributed by atoms with Crippen LogP contribution in [0.5, 0.6) is 0 Å². The largest absolute Gasteiger partial charge is 0.356 e. The standard InChI is InChI=1S/C19H36N6/c1-5-24-13-15-25(16-14-24)12-7-6-10-21-19(20-2)23(4)17-18-9-8-11-22(18)3/h8-9,11H,5-7,10,12-17H2,1-4H3,(H,20,21). The van der Waals surface area contributed by atoms with Crippen LogP contribution in [0.3, 0.4) is 0 Å². The Morgan fingerprint density at radius 2 is 1.92 bits per heavy atom. The molecule has 0 amide bonds. The molecular weight excluding hydrogens is 312 g/mol. The summed E-state index contributed by atoms with van der Waals surface area (Å²) in [7, 11) is 6.03. The van der Waals surface area contributed by atoms with E-state index in [1.807, 2.05) is 7.05 Å². The summed E-state index contributed by atoms with van der Waals surface area (Å²) in [5, 5.41) is 3.49. The lowest BCUT2D eigenvalue weighted by atomic mass is 10.2. The van der Waals surface area contributed by atoms with Crippen molar-refractivity contribution in [1.82, 2.24) is 24.6 Å². The first-order chi connectivity index (χ1) is 12.1. The molecule has 142 valence electrons. The van der Waals surface area contributed by atoms with Crippen molar-refractivity contribution in [2.45, 2.75) is 26.3 Å². The van der Waals surface area contributed by atoms with E-state index in [9.17, 15) is 0 Å². The molecule has 6 heteroatoms. The van der Waals surface area contributed by atoms with Crippen molar-refractivity contribution in [3.05, 3.63) is 24.0 Å². The van der Waals surface area contributed by atoms with Crippen LogP contribution in [-0.4, -0.2) is 85.1 Å². The number of hydrogen-bond acceptors (Lipinski definition) is 3. The highest BCUT2D eigenvalue weighted by molar-refractivity contribution is 5.79. The summed E-state index contributed by atoms with van der Waals surface area (Å²) in [4.78, 5) is 11.7. The van der Waals surface area contributed by atoms with Crippen LogP contribution in [0.2, 0.25) is 0 Å². The van der Waals surface area contributed by atoms with Gasteiger partial charge in [0.1, 0.15) is 0 Å². The average molecular weight is 349 g/mol. The summed E-state index contributed by atoms with van der Waals surface area (Å²) >= 11 is 0. The lowest BCUT2D eigenvalue weighted by Gasteiger charge is -2.34. The Balaban J connectivity index is 1.60. The smallest absolute Gasteiger partial charge is 0.193 e. The molecule has 2 heterocycles. The summed E-state index contributed by atoms with van der Waals surface area (Å²) in [6, 6.07) is 4.24. The fourth-order valence-corrected chi connectivity index (χ4v) is 3.35. The first-order valence-corrected chi connectivity index (χ1v) is 9.60. The third-order valence-corrected chi connectivity index (χ3v) is 5.12. The van der Waals surface area contributed by atoms with E-state index in [1.54, 1.807) is 0 Å². The number of aryl methyl sites for hydroxylation is 1. The van der Waals surface area contributed by atoms with Gasteiger partial charge in [-0.15, -0.1) is 0 Å². The predicted octanol–water partition coefficient (Wildman–Crippen LogP) is 1.45. The Morgan fingerprint density at radius 1 is 1.20 bits per heavy atom. The van der Waals surface area contributed by atoms with Crippen molar-refractivity contribution in [2.75, 3.05) is 59.9 Å². The number of aliphatic imine (C=N–C) groups is 1. The first-order valence-electron chi connectivity index (χ1n) is 9.60. The Bertz CT molecular complexity index is 516. The van der Waals surface area contributed by atoms with Gasteiger partial charge >= 0.3 is 0 Å². The minimum absolute atomic E-state index is 0.866. The zero-order chi connectivity index (χ0) is 18.1. The Kier molecular flexibility index (Phi) is 8.28. The molecule has 1 aromatic heterocycles. The number of nitrogens with one attached hydrogen (secondary N) is 1. The highest BCUT2D eigenvalue weighted by Crippen LogP contribution is 2.05. The fourth-order valence-electron chi connectivity index (χ4n) is 3.35. The molecule has 0 saturated carbocycles. The second-order valence-corrected chi connectivity index (χ2v) is 6.92. The number of unbranched alkanes of at least 4 members (excludes halogenated alkanes) is 1. The molecule has 1 aliphatic rings. The van der Waals surface area contributed by atoms with Gasteiger partial charge < -0.3 is 24.6 Å². The summed E-state index contributed by atoms with van der Waals surface area (Å²) in [5.41, 5.74) is 1.29. The van der Waals surface area contributed by atoms with Crippen molar-refractivity contribution in [1.29, 1.82) is 0 Å². The molecule has 0 bridgehead atoms. The van der Waals surface area contributed by atoms with Crippen LogP contribution < -0.4 is 5.32 Å². The minimum Gasteiger partial charge on any atom is -0.356 e. The van der Waals surface area contributed by atoms with E-state index in [1.165, 1.54) is 57.8 Å². The van der Waals surface area contributed by atoms with Gasteiger partial charge in [0.05, 0.1) is 6.54 Å². The van der Waals surface area contributed by atoms with E-state index in [2.05, 4.69) is 68.9 Å². The summed E-state index contributed by atoms with van der Waals surface area (Å²) in [6.07, 6.45) is 4.52. The van der Waals surface area contributed by atoms with Gasteiger partial charge in [-0.1, -0.05) is 6.92 Å². The molecule has 1 aromatic rings. The van der Waals surface area contributed by atoms with Gasteiger partial charge in [0, 0.05) is 65.8 Å². The molecule has 0 atom stereocenters. The molecule has 1 saturated heterocycles. The van der Waals surface area contributed by atoms with Gasteiger partial charge in [0.2, 0.25) is 0 Å². The number of rotatable bonds is 8. The molecule has 0 spiro atoms. The normalized spacial score (nSPS) is 17.0. The molecule has 6 nitrogen and oxygen atoms in total. The topological polar surface area (TPSA) is 39.0 Å². The molecule has 25 heavy (non-hydrogen) atoms. The molecule has 0 unspecified atom stereocenters. The van der Waals surface area contributed by atoms with Crippen LogP contribution in [0.4, 0.5) is 0 Å². The van der Waals surface area contributed by atoms with Gasteiger partial charge in [-0.2, -0.15) is 0 Å². The third-order valence-electron chi connectivity index (χ3n) is 5.12. The van der Waals surface area contributed by atoms with Crippen molar-refractivity contribution < 1.29 is 0 Å². The van der Waals surface area contributed by atoms with Crippen molar-refractivity contribution in [2.24, 2.45) is 12.0 Å². The lowest BCUT2D eigenvalue weighted by Crippen LogP contribution is -2.46.